The molecule has 0 saturated carbocycles. The first-order chi connectivity index (χ1) is 7.29. The molecule has 2 aromatic rings. The summed E-state index contributed by atoms with van der Waals surface area (Å²) < 4.78 is 8.43. The van der Waals surface area contributed by atoms with Crippen molar-refractivity contribution in [1.82, 2.24) is 15.1 Å². The van der Waals surface area contributed by atoms with Crippen molar-refractivity contribution in [2.24, 2.45) is 0 Å². The predicted octanol–water partition coefficient (Wildman–Crippen LogP) is 1.85. The van der Waals surface area contributed by atoms with Crippen molar-refractivity contribution >= 4 is 22.6 Å². The second-order valence-electron chi connectivity index (χ2n) is 3.26. The van der Waals surface area contributed by atoms with Gasteiger partial charge in [0.1, 0.15) is 5.76 Å². The molecule has 2 heterocycles. The number of rotatable bonds is 4. The number of halogens is 1. The van der Waals surface area contributed by atoms with Crippen LogP contribution in [0.5, 0.6) is 0 Å². The van der Waals surface area contributed by atoms with E-state index in [0.29, 0.717) is 0 Å². The quantitative estimate of drug-likeness (QED) is 0.875. The van der Waals surface area contributed by atoms with E-state index in [1.165, 1.54) is 5.56 Å². The van der Waals surface area contributed by atoms with Crippen molar-refractivity contribution in [2.75, 3.05) is 7.05 Å². The van der Waals surface area contributed by atoms with Crippen LogP contribution >= 0.6 is 22.6 Å². The number of nitrogens with one attached hydrogen (secondary N) is 1. The van der Waals surface area contributed by atoms with Gasteiger partial charge in [-0.25, -0.2) is 0 Å². The summed E-state index contributed by atoms with van der Waals surface area (Å²) in [6, 6.07) is 1.99. The van der Waals surface area contributed by atoms with Crippen LogP contribution in [-0.2, 0) is 13.1 Å². The summed E-state index contributed by atoms with van der Waals surface area (Å²) in [6.07, 6.45) is 5.57. The lowest BCUT2D eigenvalue weighted by Gasteiger charge is -2.02. The van der Waals surface area contributed by atoms with Crippen molar-refractivity contribution in [3.63, 3.8) is 0 Å². The zero-order valence-corrected chi connectivity index (χ0v) is 10.6. The van der Waals surface area contributed by atoms with Crippen molar-refractivity contribution in [3.8, 4) is 0 Å². The molecule has 0 aliphatic heterocycles. The molecule has 0 unspecified atom stereocenters. The third-order valence-corrected chi connectivity index (χ3v) is 2.67. The molecular formula is C10H12IN3O. The first kappa shape index (κ1) is 10.7. The summed E-state index contributed by atoms with van der Waals surface area (Å²) >= 11 is 2.25. The van der Waals surface area contributed by atoms with Crippen LogP contribution in [-0.4, -0.2) is 16.8 Å². The molecule has 0 bridgehead atoms. The molecule has 0 aliphatic carbocycles. The maximum atomic E-state index is 5.38. The van der Waals surface area contributed by atoms with Gasteiger partial charge in [0, 0.05) is 11.8 Å². The molecule has 2 rings (SSSR count). The summed E-state index contributed by atoms with van der Waals surface area (Å²) in [6.45, 7) is 1.51. The van der Waals surface area contributed by atoms with Gasteiger partial charge in [0.2, 0.25) is 0 Å². The Balaban J connectivity index is 2.13. The lowest BCUT2D eigenvalue weighted by atomic mass is 10.2. The highest BCUT2D eigenvalue weighted by Gasteiger charge is 2.06. The van der Waals surface area contributed by atoms with Gasteiger partial charge in [-0.2, -0.15) is 5.10 Å². The number of furan rings is 1. The van der Waals surface area contributed by atoms with Gasteiger partial charge in [-0.15, -0.1) is 0 Å². The minimum atomic E-state index is 0.751. The van der Waals surface area contributed by atoms with E-state index in [1.54, 1.807) is 6.26 Å². The van der Waals surface area contributed by atoms with Crippen LogP contribution in [0.25, 0.3) is 0 Å². The maximum Gasteiger partial charge on any atom is 0.122 e. The smallest absolute Gasteiger partial charge is 0.122 e. The van der Waals surface area contributed by atoms with Crippen molar-refractivity contribution in [3.05, 3.63) is 39.6 Å². The Morgan fingerprint density at radius 1 is 1.60 bits per heavy atom. The van der Waals surface area contributed by atoms with Crippen LogP contribution in [0.1, 0.15) is 11.3 Å². The fourth-order valence-electron chi connectivity index (χ4n) is 1.42. The Morgan fingerprint density at radius 3 is 3.13 bits per heavy atom. The highest BCUT2D eigenvalue weighted by Crippen LogP contribution is 2.12. The Kier molecular flexibility index (Phi) is 3.42. The minimum absolute atomic E-state index is 0.751. The second-order valence-corrected chi connectivity index (χ2v) is 4.50. The van der Waals surface area contributed by atoms with E-state index in [2.05, 4.69) is 33.0 Å². The van der Waals surface area contributed by atoms with E-state index in [9.17, 15) is 0 Å². The molecule has 2 aromatic heterocycles. The SMILES string of the molecule is CNCc1occc1Cn1cc(I)cn1. The first-order valence-corrected chi connectivity index (χ1v) is 5.75. The lowest BCUT2D eigenvalue weighted by Crippen LogP contribution is -2.08. The van der Waals surface area contributed by atoms with Crippen LogP contribution in [0.3, 0.4) is 0 Å². The topological polar surface area (TPSA) is 43.0 Å². The van der Waals surface area contributed by atoms with Crippen molar-refractivity contribution in [1.29, 1.82) is 0 Å². The number of nitrogens with zero attached hydrogens (tertiary/aromatic N) is 2. The average molecular weight is 317 g/mol. The molecule has 0 radical (unpaired) electrons. The van der Waals surface area contributed by atoms with Crippen LogP contribution in [0.2, 0.25) is 0 Å². The summed E-state index contributed by atoms with van der Waals surface area (Å²) in [7, 11) is 1.91. The zero-order chi connectivity index (χ0) is 10.7. The van der Waals surface area contributed by atoms with E-state index in [1.807, 2.05) is 30.2 Å². The molecule has 0 spiro atoms. The van der Waals surface area contributed by atoms with Crippen LogP contribution in [0, 0.1) is 3.57 Å². The lowest BCUT2D eigenvalue weighted by molar-refractivity contribution is 0.487. The summed E-state index contributed by atoms with van der Waals surface area (Å²) in [4.78, 5) is 0. The predicted molar refractivity (Wildman–Crippen MR) is 65.5 cm³/mol. The molecule has 0 amide bonds. The molecule has 0 aliphatic rings. The van der Waals surface area contributed by atoms with E-state index >= 15 is 0 Å². The number of aromatic nitrogens is 2. The molecule has 80 valence electrons. The van der Waals surface area contributed by atoms with Gasteiger partial charge in [0.05, 0.1) is 29.1 Å². The monoisotopic (exact) mass is 317 g/mol. The van der Waals surface area contributed by atoms with Gasteiger partial charge in [0.15, 0.2) is 0 Å². The van der Waals surface area contributed by atoms with E-state index in [0.717, 1.165) is 22.4 Å². The standard InChI is InChI=1S/C10H12IN3O/c1-12-5-10-8(2-3-15-10)6-14-7-9(11)4-13-14/h2-4,7,12H,5-6H2,1H3. The highest BCUT2D eigenvalue weighted by atomic mass is 127. The van der Waals surface area contributed by atoms with E-state index in [4.69, 9.17) is 4.42 Å². The van der Waals surface area contributed by atoms with Gasteiger partial charge in [-0.3, -0.25) is 4.68 Å². The molecule has 0 saturated heterocycles. The molecule has 4 nitrogen and oxygen atoms in total. The van der Waals surface area contributed by atoms with Crippen molar-refractivity contribution in [2.45, 2.75) is 13.1 Å². The second kappa shape index (κ2) is 4.80. The molecule has 5 heteroatoms. The number of hydrogen-bond acceptors (Lipinski definition) is 3. The van der Waals surface area contributed by atoms with Crippen LogP contribution in [0.4, 0.5) is 0 Å². The van der Waals surface area contributed by atoms with Crippen LogP contribution < -0.4 is 5.32 Å². The molecule has 1 N–H and O–H groups in total. The third kappa shape index (κ3) is 2.60. The first-order valence-electron chi connectivity index (χ1n) is 4.67. The highest BCUT2D eigenvalue weighted by molar-refractivity contribution is 14.1. The maximum absolute atomic E-state index is 5.38. The summed E-state index contributed by atoms with van der Waals surface area (Å²) in [5.41, 5.74) is 1.17. The van der Waals surface area contributed by atoms with Gasteiger partial charge in [-0.05, 0) is 35.7 Å². The van der Waals surface area contributed by atoms with E-state index in [-0.39, 0.29) is 0 Å². The molecular weight excluding hydrogens is 305 g/mol. The van der Waals surface area contributed by atoms with E-state index < -0.39 is 0 Å². The normalized spacial score (nSPS) is 10.8. The zero-order valence-electron chi connectivity index (χ0n) is 8.40. The Hall–Kier alpha value is -0.820. The fraction of sp³-hybridized carbons (Fsp3) is 0.300. The van der Waals surface area contributed by atoms with Crippen LogP contribution in [0.15, 0.2) is 29.1 Å². The Labute approximate surface area is 102 Å². The molecule has 0 atom stereocenters. The Bertz CT molecular complexity index is 435. The van der Waals surface area contributed by atoms with Gasteiger partial charge >= 0.3 is 0 Å². The molecule has 15 heavy (non-hydrogen) atoms. The largest absolute Gasteiger partial charge is 0.468 e. The fourth-order valence-corrected chi connectivity index (χ4v) is 1.87. The van der Waals surface area contributed by atoms with Gasteiger partial charge in [0.25, 0.3) is 0 Å². The number of hydrogen-bond donors (Lipinski definition) is 1. The Morgan fingerprint density at radius 2 is 2.47 bits per heavy atom. The van der Waals surface area contributed by atoms with Gasteiger partial charge < -0.3 is 9.73 Å². The minimum Gasteiger partial charge on any atom is -0.468 e. The van der Waals surface area contributed by atoms with Gasteiger partial charge in [-0.1, -0.05) is 0 Å². The van der Waals surface area contributed by atoms with Crippen molar-refractivity contribution < 1.29 is 4.42 Å². The summed E-state index contributed by atoms with van der Waals surface area (Å²) in [5.74, 6) is 0.975. The molecule has 0 fully saturated rings. The summed E-state index contributed by atoms with van der Waals surface area (Å²) in [5, 5.41) is 7.32. The average Bonchev–Trinajstić information content (AvgIpc) is 2.78. The third-order valence-electron chi connectivity index (χ3n) is 2.11. The molecule has 0 aromatic carbocycles.